The third-order valence-corrected chi connectivity index (χ3v) is 6.37. The van der Waals surface area contributed by atoms with Gasteiger partial charge in [-0.2, -0.15) is 10.5 Å². The lowest BCUT2D eigenvalue weighted by Gasteiger charge is -2.12. The summed E-state index contributed by atoms with van der Waals surface area (Å²) in [6.45, 7) is 0. The van der Waals surface area contributed by atoms with E-state index in [1.54, 1.807) is 18.2 Å². The van der Waals surface area contributed by atoms with Crippen LogP contribution in [0.3, 0.4) is 0 Å². The van der Waals surface area contributed by atoms with Crippen molar-refractivity contribution in [2.24, 2.45) is 0 Å². The molecule has 0 atom stereocenters. The van der Waals surface area contributed by atoms with Gasteiger partial charge in [0.1, 0.15) is 17.7 Å². The molecule has 0 saturated heterocycles. The van der Waals surface area contributed by atoms with Gasteiger partial charge in [-0.3, -0.25) is 0 Å². The Bertz CT molecular complexity index is 947. The van der Waals surface area contributed by atoms with Gasteiger partial charge >= 0.3 is 0 Å². The molecule has 1 aromatic heterocycles. The molecule has 3 nitrogen and oxygen atoms in total. The zero-order chi connectivity index (χ0) is 19.3. The van der Waals surface area contributed by atoms with E-state index in [4.69, 9.17) is 56.9 Å². The maximum atomic E-state index is 8.93. The van der Waals surface area contributed by atoms with Gasteiger partial charge in [-0.1, -0.05) is 86.2 Å². The molecule has 2 aromatic rings. The van der Waals surface area contributed by atoms with Crippen molar-refractivity contribution in [2.45, 2.75) is 4.90 Å². The average Bonchev–Trinajstić information content (AvgIpc) is 2.63. The first-order chi connectivity index (χ1) is 12.4. The quantitative estimate of drug-likeness (QED) is 0.186. The number of hydrogen-bond donors (Lipinski definition) is 0. The van der Waals surface area contributed by atoms with Crippen LogP contribution in [0.5, 0.6) is 0 Å². The Hall–Kier alpha value is -1.18. The van der Waals surface area contributed by atoms with Gasteiger partial charge in [0, 0.05) is 9.38 Å². The first-order valence-corrected chi connectivity index (χ1v) is 9.85. The van der Waals surface area contributed by atoms with Crippen LogP contribution in [-0.2, 0) is 0 Å². The highest BCUT2D eigenvalue weighted by Crippen LogP contribution is 2.46. The molecule has 1 heterocycles. The van der Waals surface area contributed by atoms with E-state index in [1.165, 1.54) is 17.8 Å². The van der Waals surface area contributed by atoms with Crippen molar-refractivity contribution in [3.63, 3.8) is 0 Å². The fourth-order valence-electron chi connectivity index (χ4n) is 1.73. The minimum atomic E-state index is -0.0387. The maximum absolute atomic E-state index is 8.93. The Morgan fingerprint density at radius 2 is 1.50 bits per heavy atom. The van der Waals surface area contributed by atoms with Crippen molar-refractivity contribution in [3.8, 4) is 12.1 Å². The first-order valence-electron chi connectivity index (χ1n) is 6.73. The van der Waals surface area contributed by atoms with E-state index in [0.717, 1.165) is 10.0 Å². The summed E-state index contributed by atoms with van der Waals surface area (Å²) in [7, 11) is 0. The van der Waals surface area contributed by atoms with E-state index in [9.17, 15) is 0 Å². The van der Waals surface area contributed by atoms with Crippen molar-refractivity contribution >= 4 is 79.0 Å². The van der Waals surface area contributed by atoms with Crippen LogP contribution in [0.4, 0.5) is 0 Å². The minimum Gasteiger partial charge on any atom is -0.221 e. The molecule has 9 heteroatoms. The lowest BCUT2D eigenvalue weighted by Crippen LogP contribution is -1.88. The van der Waals surface area contributed by atoms with Crippen LogP contribution in [0.2, 0.25) is 20.4 Å². The third kappa shape index (κ3) is 5.18. The number of nitriles is 2. The van der Waals surface area contributed by atoms with Crippen LogP contribution in [0, 0.1) is 22.7 Å². The number of hydrogen-bond acceptors (Lipinski definition) is 4. The average molecular weight is 506 g/mol. The van der Waals surface area contributed by atoms with Crippen LogP contribution < -0.4 is 0 Å². The topological polar surface area (TPSA) is 60.5 Å². The van der Waals surface area contributed by atoms with E-state index in [-0.39, 0.29) is 25.9 Å². The molecule has 0 saturated carbocycles. The van der Waals surface area contributed by atoms with Crippen LogP contribution in [-0.4, -0.2) is 4.98 Å². The zero-order valence-corrected chi connectivity index (χ0v) is 18.0. The molecule has 0 unspecified atom stereocenters. The predicted molar refractivity (Wildman–Crippen MR) is 112 cm³/mol. The molecular weight excluding hydrogens is 500 g/mol. The van der Waals surface area contributed by atoms with Crippen molar-refractivity contribution < 1.29 is 0 Å². The van der Waals surface area contributed by atoms with Crippen molar-refractivity contribution in [3.05, 3.63) is 72.4 Å². The van der Waals surface area contributed by atoms with Crippen LogP contribution >= 0.6 is 74.1 Å². The number of pyridine rings is 1. The van der Waals surface area contributed by atoms with Crippen molar-refractivity contribution in [1.29, 1.82) is 10.5 Å². The van der Waals surface area contributed by atoms with Gasteiger partial charge < -0.3 is 0 Å². The summed E-state index contributed by atoms with van der Waals surface area (Å²) in [5.74, 6) is 0. The molecule has 0 N–H and O–H groups in total. The summed E-state index contributed by atoms with van der Waals surface area (Å²) < 4.78 is 0.905. The van der Waals surface area contributed by atoms with Crippen molar-refractivity contribution in [1.82, 2.24) is 4.98 Å². The molecule has 0 bridgehead atoms. The number of benzene rings is 1. The van der Waals surface area contributed by atoms with Gasteiger partial charge in [0.05, 0.1) is 14.9 Å². The molecular formula is C17H6BrCl4N3S. The summed E-state index contributed by atoms with van der Waals surface area (Å²) in [5, 5.41) is 18.3. The largest absolute Gasteiger partial charge is 0.221 e. The van der Waals surface area contributed by atoms with Gasteiger partial charge in [0.15, 0.2) is 10.3 Å². The van der Waals surface area contributed by atoms with Gasteiger partial charge in [-0.05, 0) is 29.8 Å². The van der Waals surface area contributed by atoms with E-state index >= 15 is 0 Å². The van der Waals surface area contributed by atoms with Gasteiger partial charge in [-0.25, -0.2) is 4.98 Å². The highest BCUT2D eigenvalue weighted by molar-refractivity contribution is 9.10. The Morgan fingerprint density at radius 3 is 2.00 bits per heavy atom. The second kappa shape index (κ2) is 9.67. The summed E-state index contributed by atoms with van der Waals surface area (Å²) in [5.41, 5.74) is 0.782. The fourth-order valence-corrected chi connectivity index (χ4v) is 4.04. The molecule has 0 fully saturated rings. The van der Waals surface area contributed by atoms with Crippen molar-refractivity contribution in [2.75, 3.05) is 0 Å². The lowest BCUT2D eigenvalue weighted by molar-refractivity contribution is 1.26. The Kier molecular flexibility index (Phi) is 7.85. The number of thioether (sulfide) groups is 1. The molecule has 26 heavy (non-hydrogen) atoms. The summed E-state index contributed by atoms with van der Waals surface area (Å²) in [6, 6.07) is 11.1. The fraction of sp³-hybridized carbons (Fsp3) is 0. The van der Waals surface area contributed by atoms with E-state index in [1.807, 2.05) is 24.3 Å². The molecule has 1 aromatic carbocycles. The smallest absolute Gasteiger partial charge is 0.150 e. The monoisotopic (exact) mass is 503 g/mol. The number of rotatable bonds is 4. The molecule has 130 valence electrons. The molecule has 0 aliphatic carbocycles. The highest BCUT2D eigenvalue weighted by atomic mass is 79.9. The SMILES string of the molecule is N#CC(C#N)=C/C=C(\Sc1c(Cl)c(Cl)nc(Cl)c1Cl)c1ccc(Br)cc1. The number of nitrogens with zero attached hydrogens (tertiary/aromatic N) is 3. The highest BCUT2D eigenvalue weighted by Gasteiger charge is 2.18. The van der Waals surface area contributed by atoms with Gasteiger partial charge in [0.2, 0.25) is 0 Å². The second-order valence-corrected chi connectivity index (χ2v) is 8.03. The Labute approximate surface area is 183 Å². The molecule has 0 spiro atoms. The van der Waals surface area contributed by atoms with Crippen LogP contribution in [0.15, 0.2) is 51.4 Å². The van der Waals surface area contributed by atoms with Crippen LogP contribution in [0.1, 0.15) is 5.56 Å². The number of aromatic nitrogens is 1. The number of halogens is 5. The van der Waals surface area contributed by atoms with Crippen LogP contribution in [0.25, 0.3) is 4.91 Å². The molecule has 0 radical (unpaired) electrons. The minimum absolute atomic E-state index is 0.0315. The van der Waals surface area contributed by atoms with Gasteiger partial charge in [-0.15, -0.1) is 0 Å². The maximum Gasteiger partial charge on any atom is 0.150 e. The van der Waals surface area contributed by atoms with E-state index in [2.05, 4.69) is 20.9 Å². The summed E-state index contributed by atoms with van der Waals surface area (Å²) >= 11 is 29.0. The van der Waals surface area contributed by atoms with Gasteiger partial charge in [0.25, 0.3) is 0 Å². The zero-order valence-electron chi connectivity index (χ0n) is 12.6. The first kappa shape index (κ1) is 21.1. The summed E-state index contributed by atoms with van der Waals surface area (Å²) in [6.07, 6.45) is 3.04. The lowest BCUT2D eigenvalue weighted by atomic mass is 10.2. The normalized spacial score (nSPS) is 10.8. The molecule has 0 amide bonds. The third-order valence-electron chi connectivity index (χ3n) is 2.94. The Morgan fingerprint density at radius 1 is 0.962 bits per heavy atom. The molecule has 2 rings (SSSR count). The standard InChI is InChI=1S/C17H6BrCl4N3S/c18-11-4-2-10(3-5-11)12(6-1-9(7-23)8-24)26-15-13(19)16(21)25-17(22)14(15)20/h1-6H/b12-6-. The molecule has 0 aliphatic rings. The Balaban J connectivity index is 2.58. The molecule has 0 aliphatic heterocycles. The number of allylic oxidation sites excluding steroid dienone is 3. The summed E-state index contributed by atoms with van der Waals surface area (Å²) in [4.78, 5) is 4.97. The predicted octanol–water partition coefficient (Wildman–Crippen LogP) is 7.56. The van der Waals surface area contributed by atoms with E-state index in [0.29, 0.717) is 9.80 Å². The second-order valence-electron chi connectivity index (χ2n) is 4.59. The van der Waals surface area contributed by atoms with E-state index < -0.39 is 0 Å².